The first-order valence-corrected chi connectivity index (χ1v) is 10.5. The van der Waals surface area contributed by atoms with Crippen LogP contribution in [0.1, 0.15) is 44.6 Å². The van der Waals surface area contributed by atoms with Crippen molar-refractivity contribution in [3.8, 4) is 5.75 Å². The molecule has 0 saturated carbocycles. The largest absolute Gasteiger partial charge is 0.494 e. The number of morpholine rings is 1. The van der Waals surface area contributed by atoms with Crippen LogP contribution < -0.4 is 15.1 Å². The van der Waals surface area contributed by atoms with E-state index in [9.17, 15) is 0 Å². The molecule has 7 heteroatoms. The van der Waals surface area contributed by atoms with E-state index in [0.29, 0.717) is 5.82 Å². The van der Waals surface area contributed by atoms with Crippen molar-refractivity contribution in [2.24, 2.45) is 5.10 Å². The van der Waals surface area contributed by atoms with E-state index < -0.39 is 0 Å². The summed E-state index contributed by atoms with van der Waals surface area (Å²) >= 11 is 0. The topological polar surface area (TPSA) is 71.9 Å². The van der Waals surface area contributed by atoms with Gasteiger partial charge in [0, 0.05) is 19.2 Å². The highest BCUT2D eigenvalue weighted by molar-refractivity contribution is 5.80. The number of aromatic nitrogens is 2. The molecule has 1 aliphatic rings. The predicted molar refractivity (Wildman–Crippen MR) is 117 cm³/mol. The third kappa shape index (κ3) is 7.34. The maximum absolute atomic E-state index is 5.80. The van der Waals surface area contributed by atoms with Crippen molar-refractivity contribution in [2.75, 3.05) is 43.2 Å². The van der Waals surface area contributed by atoms with Crippen molar-refractivity contribution < 1.29 is 9.47 Å². The molecule has 1 aliphatic heterocycles. The summed E-state index contributed by atoms with van der Waals surface area (Å²) in [5.41, 5.74) is 3.97. The molecule has 0 aliphatic carbocycles. The Labute approximate surface area is 173 Å². The van der Waals surface area contributed by atoms with E-state index in [-0.39, 0.29) is 0 Å². The molecule has 0 bridgehead atoms. The van der Waals surface area contributed by atoms with Crippen LogP contribution in [0, 0.1) is 0 Å². The van der Waals surface area contributed by atoms with Gasteiger partial charge in [0.25, 0.3) is 0 Å². The molecule has 1 N–H and O–H groups in total. The third-order valence-electron chi connectivity index (χ3n) is 4.78. The molecule has 0 atom stereocenters. The summed E-state index contributed by atoms with van der Waals surface area (Å²) in [6, 6.07) is 9.86. The van der Waals surface area contributed by atoms with Crippen LogP contribution in [0.4, 0.5) is 11.6 Å². The lowest BCUT2D eigenvalue weighted by Crippen LogP contribution is -2.36. The van der Waals surface area contributed by atoms with Gasteiger partial charge in [-0.05, 0) is 36.2 Å². The van der Waals surface area contributed by atoms with Gasteiger partial charge in [0.05, 0.1) is 26.0 Å². The SMILES string of the molecule is CCCCCCCOc1ccc(/C=N\Nc2cc(N3CCOCC3)ncn2)cc1. The van der Waals surface area contributed by atoms with Crippen molar-refractivity contribution in [1.29, 1.82) is 0 Å². The van der Waals surface area contributed by atoms with E-state index in [1.807, 2.05) is 30.3 Å². The average molecular weight is 398 g/mol. The quantitative estimate of drug-likeness (QED) is 0.350. The first kappa shape index (κ1) is 21.0. The molecule has 0 amide bonds. The molecule has 1 aromatic carbocycles. The summed E-state index contributed by atoms with van der Waals surface area (Å²) < 4.78 is 11.2. The van der Waals surface area contributed by atoms with Gasteiger partial charge in [-0.25, -0.2) is 9.97 Å². The van der Waals surface area contributed by atoms with Crippen molar-refractivity contribution in [2.45, 2.75) is 39.0 Å². The number of rotatable bonds is 11. The summed E-state index contributed by atoms with van der Waals surface area (Å²) in [6.07, 6.45) is 9.54. The first-order valence-electron chi connectivity index (χ1n) is 10.5. The lowest BCUT2D eigenvalue weighted by Gasteiger charge is -2.27. The van der Waals surface area contributed by atoms with Crippen LogP contribution in [0.15, 0.2) is 41.8 Å². The molecule has 1 aromatic heterocycles. The van der Waals surface area contributed by atoms with Crippen molar-refractivity contribution in [3.63, 3.8) is 0 Å². The Balaban J connectivity index is 1.43. The Kier molecular flexibility index (Phi) is 8.72. The number of hydrogen-bond acceptors (Lipinski definition) is 7. The van der Waals surface area contributed by atoms with E-state index in [1.54, 1.807) is 12.5 Å². The van der Waals surface area contributed by atoms with Crippen LogP contribution in [0.2, 0.25) is 0 Å². The van der Waals surface area contributed by atoms with Gasteiger partial charge in [0.1, 0.15) is 17.9 Å². The molecule has 2 heterocycles. The Hall–Kier alpha value is -2.67. The number of unbranched alkanes of at least 4 members (excludes halogenated alkanes) is 4. The highest BCUT2D eigenvalue weighted by Crippen LogP contribution is 2.16. The minimum absolute atomic E-state index is 0.667. The highest BCUT2D eigenvalue weighted by atomic mass is 16.5. The van der Waals surface area contributed by atoms with Crippen LogP contribution in [0.5, 0.6) is 5.75 Å². The molecule has 1 fully saturated rings. The second kappa shape index (κ2) is 12.0. The van der Waals surface area contributed by atoms with E-state index >= 15 is 0 Å². The summed E-state index contributed by atoms with van der Waals surface area (Å²) in [5, 5.41) is 4.28. The maximum Gasteiger partial charge on any atom is 0.151 e. The maximum atomic E-state index is 5.80. The lowest BCUT2D eigenvalue weighted by molar-refractivity contribution is 0.122. The molecule has 0 unspecified atom stereocenters. The van der Waals surface area contributed by atoms with Crippen molar-refractivity contribution in [1.82, 2.24) is 9.97 Å². The minimum Gasteiger partial charge on any atom is -0.494 e. The lowest BCUT2D eigenvalue weighted by atomic mass is 10.2. The Morgan fingerprint density at radius 2 is 1.90 bits per heavy atom. The van der Waals surface area contributed by atoms with Gasteiger partial charge in [-0.15, -0.1) is 0 Å². The molecule has 7 nitrogen and oxygen atoms in total. The summed E-state index contributed by atoms with van der Waals surface area (Å²) in [5.74, 6) is 2.45. The van der Waals surface area contributed by atoms with Gasteiger partial charge in [0.2, 0.25) is 0 Å². The number of nitrogens with one attached hydrogen (secondary N) is 1. The zero-order valence-corrected chi connectivity index (χ0v) is 17.2. The van der Waals surface area contributed by atoms with Crippen molar-refractivity contribution >= 4 is 17.9 Å². The number of hydrogen-bond donors (Lipinski definition) is 1. The van der Waals surface area contributed by atoms with Crippen LogP contribution in [0.3, 0.4) is 0 Å². The molecule has 0 radical (unpaired) electrons. The van der Waals surface area contributed by atoms with Crippen LogP contribution >= 0.6 is 0 Å². The number of benzene rings is 1. The van der Waals surface area contributed by atoms with Crippen LogP contribution in [-0.4, -0.2) is 49.1 Å². The fraction of sp³-hybridized carbons (Fsp3) is 0.500. The van der Waals surface area contributed by atoms with Crippen LogP contribution in [-0.2, 0) is 4.74 Å². The highest BCUT2D eigenvalue weighted by Gasteiger charge is 2.12. The molecule has 2 aromatic rings. The van der Waals surface area contributed by atoms with Gasteiger partial charge in [-0.3, -0.25) is 5.43 Å². The average Bonchev–Trinajstić information content (AvgIpc) is 2.78. The first-order chi connectivity index (χ1) is 14.3. The molecular weight excluding hydrogens is 366 g/mol. The Morgan fingerprint density at radius 3 is 2.69 bits per heavy atom. The van der Waals surface area contributed by atoms with Gasteiger partial charge < -0.3 is 14.4 Å². The second-order valence-electron chi connectivity index (χ2n) is 7.06. The standard InChI is InChI=1S/C22H31N5O2/c1-2-3-4-5-6-13-29-20-9-7-19(8-10-20)17-25-26-21-16-22(24-18-23-21)27-11-14-28-15-12-27/h7-10,16-18H,2-6,11-15H2,1H3,(H,23,24,26)/b25-17-. The predicted octanol–water partition coefficient (Wildman–Crippen LogP) is 4.11. The summed E-state index contributed by atoms with van der Waals surface area (Å²) in [4.78, 5) is 10.7. The minimum atomic E-state index is 0.667. The number of nitrogens with zero attached hydrogens (tertiary/aromatic N) is 4. The van der Waals surface area contributed by atoms with Crippen molar-refractivity contribution in [3.05, 3.63) is 42.2 Å². The van der Waals surface area contributed by atoms with Gasteiger partial charge in [-0.2, -0.15) is 5.10 Å². The summed E-state index contributed by atoms with van der Waals surface area (Å²) in [7, 11) is 0. The molecular formula is C22H31N5O2. The molecule has 156 valence electrons. The number of ether oxygens (including phenoxy) is 2. The van der Waals surface area contributed by atoms with E-state index in [2.05, 4.69) is 32.3 Å². The molecule has 0 spiro atoms. The smallest absolute Gasteiger partial charge is 0.151 e. The fourth-order valence-corrected chi connectivity index (χ4v) is 3.09. The van der Waals surface area contributed by atoms with E-state index in [4.69, 9.17) is 9.47 Å². The second-order valence-corrected chi connectivity index (χ2v) is 7.06. The molecule has 29 heavy (non-hydrogen) atoms. The number of anilines is 2. The van der Waals surface area contributed by atoms with E-state index in [1.165, 1.54) is 25.7 Å². The van der Waals surface area contributed by atoms with E-state index in [0.717, 1.165) is 56.5 Å². The van der Waals surface area contributed by atoms with Crippen LogP contribution in [0.25, 0.3) is 0 Å². The Morgan fingerprint density at radius 1 is 1.10 bits per heavy atom. The third-order valence-corrected chi connectivity index (χ3v) is 4.78. The van der Waals surface area contributed by atoms with Gasteiger partial charge in [0.15, 0.2) is 5.82 Å². The molecule has 1 saturated heterocycles. The zero-order chi connectivity index (χ0) is 20.2. The number of hydrazone groups is 1. The molecule has 3 rings (SSSR count). The normalized spacial score (nSPS) is 14.3. The van der Waals surface area contributed by atoms with Gasteiger partial charge >= 0.3 is 0 Å². The summed E-state index contributed by atoms with van der Waals surface area (Å²) in [6.45, 7) is 6.14. The monoisotopic (exact) mass is 397 g/mol. The Bertz CT molecular complexity index is 745. The van der Waals surface area contributed by atoms with Gasteiger partial charge in [-0.1, -0.05) is 32.6 Å². The zero-order valence-electron chi connectivity index (χ0n) is 17.2. The fourth-order valence-electron chi connectivity index (χ4n) is 3.09.